The molecule has 0 saturated carbocycles. The summed E-state index contributed by atoms with van der Waals surface area (Å²) in [7, 11) is 0. The highest BCUT2D eigenvalue weighted by atomic mass is 35.5. The lowest BCUT2D eigenvalue weighted by atomic mass is 9.77. The second-order valence-electron chi connectivity index (χ2n) is 7.05. The van der Waals surface area contributed by atoms with Gasteiger partial charge in [-0.2, -0.15) is 0 Å². The minimum absolute atomic E-state index is 0.182. The zero-order valence-electron chi connectivity index (χ0n) is 13.3. The van der Waals surface area contributed by atoms with Crippen LogP contribution in [0, 0.1) is 23.1 Å². The molecule has 1 atom stereocenters. The average Bonchev–Trinajstić information content (AvgIpc) is 2.28. The number of hydrogen-bond donors (Lipinski definition) is 1. The SMILES string of the molecule is CC(C)CNCC(Cc1ccc(F)cc1Cl)C(C)(C)C. The van der Waals surface area contributed by atoms with E-state index in [2.05, 4.69) is 39.9 Å². The predicted octanol–water partition coefficient (Wildman–Crippen LogP) is 4.93. The average molecular weight is 300 g/mol. The maximum absolute atomic E-state index is 13.1. The summed E-state index contributed by atoms with van der Waals surface area (Å²) in [4.78, 5) is 0. The first kappa shape index (κ1) is 17.5. The van der Waals surface area contributed by atoms with Crippen LogP contribution in [-0.2, 0) is 6.42 Å². The molecule has 0 bridgehead atoms. The van der Waals surface area contributed by atoms with Gasteiger partial charge in [-0.15, -0.1) is 0 Å². The Morgan fingerprint density at radius 3 is 2.35 bits per heavy atom. The molecule has 1 nitrogen and oxygen atoms in total. The van der Waals surface area contributed by atoms with Gasteiger partial charge in [0, 0.05) is 5.02 Å². The fourth-order valence-corrected chi connectivity index (χ4v) is 2.43. The fourth-order valence-electron chi connectivity index (χ4n) is 2.18. The van der Waals surface area contributed by atoms with Crippen molar-refractivity contribution in [3.8, 4) is 0 Å². The summed E-state index contributed by atoms with van der Waals surface area (Å²) in [6.07, 6.45) is 0.869. The van der Waals surface area contributed by atoms with E-state index in [0.717, 1.165) is 25.1 Å². The molecular weight excluding hydrogens is 273 g/mol. The lowest BCUT2D eigenvalue weighted by Gasteiger charge is -2.31. The first-order valence-corrected chi connectivity index (χ1v) is 7.72. The van der Waals surface area contributed by atoms with E-state index >= 15 is 0 Å². The molecule has 20 heavy (non-hydrogen) atoms. The molecule has 0 aliphatic carbocycles. The Morgan fingerprint density at radius 2 is 1.85 bits per heavy atom. The van der Waals surface area contributed by atoms with Crippen molar-refractivity contribution in [3.63, 3.8) is 0 Å². The zero-order chi connectivity index (χ0) is 15.3. The minimum atomic E-state index is -0.274. The van der Waals surface area contributed by atoms with E-state index in [1.54, 1.807) is 6.07 Å². The van der Waals surface area contributed by atoms with E-state index in [-0.39, 0.29) is 11.2 Å². The largest absolute Gasteiger partial charge is 0.316 e. The Labute approximate surface area is 127 Å². The smallest absolute Gasteiger partial charge is 0.124 e. The summed E-state index contributed by atoms with van der Waals surface area (Å²) in [5.74, 6) is 0.832. The molecule has 0 amide bonds. The van der Waals surface area contributed by atoms with Gasteiger partial charge in [0.05, 0.1) is 0 Å². The third-order valence-electron chi connectivity index (χ3n) is 3.65. The van der Waals surface area contributed by atoms with Crippen LogP contribution in [0.5, 0.6) is 0 Å². The summed E-state index contributed by atoms with van der Waals surface area (Å²) in [6, 6.07) is 4.69. The van der Waals surface area contributed by atoms with E-state index in [9.17, 15) is 4.39 Å². The fraction of sp³-hybridized carbons (Fsp3) is 0.647. The van der Waals surface area contributed by atoms with Crippen molar-refractivity contribution in [1.82, 2.24) is 5.32 Å². The van der Waals surface area contributed by atoms with Gasteiger partial charge >= 0.3 is 0 Å². The molecule has 0 fully saturated rings. The molecule has 1 aromatic carbocycles. The highest BCUT2D eigenvalue weighted by molar-refractivity contribution is 6.31. The standard InChI is InChI=1S/C17H27ClFN/c1-12(2)10-20-11-14(17(3,4)5)8-13-6-7-15(19)9-16(13)18/h6-7,9,12,14,20H,8,10-11H2,1-5H3. The van der Waals surface area contributed by atoms with Crippen LogP contribution >= 0.6 is 11.6 Å². The molecule has 3 heteroatoms. The maximum atomic E-state index is 13.1. The van der Waals surface area contributed by atoms with Crippen molar-refractivity contribution < 1.29 is 4.39 Å². The molecule has 0 spiro atoms. The topological polar surface area (TPSA) is 12.0 Å². The van der Waals surface area contributed by atoms with Crippen LogP contribution in [-0.4, -0.2) is 13.1 Å². The van der Waals surface area contributed by atoms with Crippen LogP contribution in [0.1, 0.15) is 40.2 Å². The van der Waals surface area contributed by atoms with Gasteiger partial charge < -0.3 is 5.32 Å². The molecule has 1 unspecified atom stereocenters. The van der Waals surface area contributed by atoms with Crippen molar-refractivity contribution in [3.05, 3.63) is 34.6 Å². The van der Waals surface area contributed by atoms with Crippen molar-refractivity contribution in [1.29, 1.82) is 0 Å². The third kappa shape index (κ3) is 5.80. The van der Waals surface area contributed by atoms with E-state index in [4.69, 9.17) is 11.6 Å². The normalized spacial score (nSPS) is 13.8. The van der Waals surface area contributed by atoms with Crippen molar-refractivity contribution in [2.45, 2.75) is 41.0 Å². The molecular formula is C17H27ClFN. The predicted molar refractivity (Wildman–Crippen MR) is 85.8 cm³/mol. The highest BCUT2D eigenvalue weighted by Crippen LogP contribution is 2.31. The lowest BCUT2D eigenvalue weighted by Crippen LogP contribution is -2.35. The molecule has 0 aromatic heterocycles. The summed E-state index contributed by atoms with van der Waals surface area (Å²) in [5.41, 5.74) is 1.21. The Balaban J connectivity index is 2.74. The van der Waals surface area contributed by atoms with Gasteiger partial charge in [-0.05, 0) is 54.5 Å². The molecule has 1 rings (SSSR count). The summed E-state index contributed by atoms with van der Waals surface area (Å²) >= 11 is 6.15. The first-order valence-electron chi connectivity index (χ1n) is 7.34. The van der Waals surface area contributed by atoms with Crippen LogP contribution in [0.3, 0.4) is 0 Å². The highest BCUT2D eigenvalue weighted by Gasteiger charge is 2.25. The van der Waals surface area contributed by atoms with Gasteiger partial charge in [0.1, 0.15) is 5.82 Å². The summed E-state index contributed by atoms with van der Waals surface area (Å²) in [6.45, 7) is 13.1. The monoisotopic (exact) mass is 299 g/mol. The molecule has 0 heterocycles. The second-order valence-corrected chi connectivity index (χ2v) is 7.46. The van der Waals surface area contributed by atoms with Crippen LogP contribution < -0.4 is 5.32 Å². The minimum Gasteiger partial charge on any atom is -0.316 e. The maximum Gasteiger partial charge on any atom is 0.124 e. The van der Waals surface area contributed by atoms with Gasteiger partial charge in [0.25, 0.3) is 0 Å². The van der Waals surface area contributed by atoms with Gasteiger partial charge in [0.2, 0.25) is 0 Å². The van der Waals surface area contributed by atoms with Crippen LogP contribution in [0.25, 0.3) is 0 Å². The van der Waals surface area contributed by atoms with Gasteiger partial charge in [-0.3, -0.25) is 0 Å². The van der Waals surface area contributed by atoms with Gasteiger partial charge in [-0.1, -0.05) is 52.3 Å². The van der Waals surface area contributed by atoms with Crippen LogP contribution in [0.4, 0.5) is 4.39 Å². The van der Waals surface area contributed by atoms with Gasteiger partial charge in [-0.25, -0.2) is 4.39 Å². The molecule has 0 saturated heterocycles. The number of rotatable bonds is 6. The van der Waals surface area contributed by atoms with E-state index < -0.39 is 0 Å². The van der Waals surface area contributed by atoms with Gasteiger partial charge in [0.15, 0.2) is 0 Å². The Morgan fingerprint density at radius 1 is 1.20 bits per heavy atom. The molecule has 1 aromatic rings. The quantitative estimate of drug-likeness (QED) is 0.785. The second kappa shape index (κ2) is 7.42. The molecule has 1 N–H and O–H groups in total. The zero-order valence-corrected chi connectivity index (χ0v) is 14.0. The van der Waals surface area contributed by atoms with Crippen molar-refractivity contribution >= 4 is 11.6 Å². The molecule has 0 radical (unpaired) electrons. The molecule has 114 valence electrons. The number of benzene rings is 1. The Hall–Kier alpha value is -0.600. The molecule has 0 aliphatic heterocycles. The third-order valence-corrected chi connectivity index (χ3v) is 4.00. The van der Waals surface area contributed by atoms with Crippen LogP contribution in [0.2, 0.25) is 5.02 Å². The van der Waals surface area contributed by atoms with E-state index in [0.29, 0.717) is 16.9 Å². The van der Waals surface area contributed by atoms with E-state index in [1.165, 1.54) is 12.1 Å². The Kier molecular flexibility index (Phi) is 6.47. The first-order chi connectivity index (χ1) is 9.20. The number of hydrogen-bond acceptors (Lipinski definition) is 1. The lowest BCUT2D eigenvalue weighted by molar-refractivity contribution is 0.228. The number of nitrogens with one attached hydrogen (secondary N) is 1. The van der Waals surface area contributed by atoms with E-state index in [1.807, 2.05) is 0 Å². The summed E-state index contributed by atoms with van der Waals surface area (Å²) < 4.78 is 13.1. The van der Waals surface area contributed by atoms with Crippen molar-refractivity contribution in [2.24, 2.45) is 17.3 Å². The summed E-state index contributed by atoms with van der Waals surface area (Å²) in [5, 5.41) is 4.06. The Bertz CT molecular complexity index is 423. The van der Waals surface area contributed by atoms with Crippen LogP contribution in [0.15, 0.2) is 18.2 Å². The van der Waals surface area contributed by atoms with Crippen molar-refractivity contribution in [2.75, 3.05) is 13.1 Å². The molecule has 0 aliphatic rings. The number of halogens is 2.